The molecule has 2 fully saturated rings. The molecule has 1 amide bonds. The molecule has 1 N–H and O–H groups in total. The minimum Gasteiger partial charge on any atom is -0.337 e. The zero-order valence-corrected chi connectivity index (χ0v) is 15.7. The van der Waals surface area contributed by atoms with Gasteiger partial charge in [-0.25, -0.2) is 22.6 Å². The van der Waals surface area contributed by atoms with Crippen molar-refractivity contribution in [3.05, 3.63) is 30.2 Å². The maximum Gasteiger partial charge on any atom is 0.274 e. The number of rotatable bonds is 4. The lowest BCUT2D eigenvalue weighted by molar-refractivity contribution is 0.0665. The smallest absolute Gasteiger partial charge is 0.274 e. The van der Waals surface area contributed by atoms with Gasteiger partial charge in [0, 0.05) is 25.3 Å². The molecular weight excluding hydrogens is 354 g/mol. The van der Waals surface area contributed by atoms with Crippen molar-refractivity contribution >= 4 is 21.6 Å². The quantitative estimate of drug-likeness (QED) is 0.859. The normalized spacial score (nSPS) is 22.3. The Kier molecular flexibility index (Phi) is 4.03. The van der Waals surface area contributed by atoms with E-state index in [1.165, 1.54) is 0 Å². The summed E-state index contributed by atoms with van der Waals surface area (Å²) in [7, 11) is -3.25. The lowest BCUT2D eigenvalue weighted by atomic mass is 9.92. The Morgan fingerprint density at radius 3 is 2.77 bits per heavy atom. The summed E-state index contributed by atoms with van der Waals surface area (Å²) >= 11 is 0. The lowest BCUT2D eigenvalue weighted by Gasteiger charge is -2.32. The second-order valence-corrected chi connectivity index (χ2v) is 9.83. The molecule has 0 bridgehead atoms. The van der Waals surface area contributed by atoms with Gasteiger partial charge < -0.3 is 4.90 Å². The van der Waals surface area contributed by atoms with Gasteiger partial charge in [-0.1, -0.05) is 0 Å². The maximum atomic E-state index is 12.8. The monoisotopic (exact) mass is 377 g/mol. The van der Waals surface area contributed by atoms with E-state index in [2.05, 4.69) is 14.8 Å². The number of carbonyl (C=O) groups is 1. The summed E-state index contributed by atoms with van der Waals surface area (Å²) < 4.78 is 28.5. The average molecular weight is 377 g/mol. The van der Waals surface area contributed by atoms with Crippen molar-refractivity contribution in [1.82, 2.24) is 24.2 Å². The molecular formula is C17H23N5O3S. The number of nitrogens with zero attached hydrogens (tertiary/aromatic N) is 4. The second kappa shape index (κ2) is 6.02. The van der Waals surface area contributed by atoms with Crippen LogP contribution in [0.5, 0.6) is 0 Å². The van der Waals surface area contributed by atoms with Crippen molar-refractivity contribution in [3.63, 3.8) is 0 Å². The van der Waals surface area contributed by atoms with E-state index in [-0.39, 0.29) is 17.4 Å². The molecule has 2 aromatic rings. The lowest BCUT2D eigenvalue weighted by Crippen LogP contribution is -2.42. The number of likely N-dealkylation sites (tertiary alicyclic amines) is 1. The van der Waals surface area contributed by atoms with Gasteiger partial charge in [0.25, 0.3) is 5.91 Å². The van der Waals surface area contributed by atoms with Crippen LogP contribution in [0.2, 0.25) is 0 Å². The van der Waals surface area contributed by atoms with Crippen LogP contribution in [-0.4, -0.2) is 58.2 Å². The Bertz CT molecular complexity index is 944. The molecule has 1 unspecified atom stereocenters. The van der Waals surface area contributed by atoms with Crippen LogP contribution in [-0.2, 0) is 10.0 Å². The highest BCUT2D eigenvalue weighted by Gasteiger charge is 2.56. The third-order valence-electron chi connectivity index (χ3n) is 5.66. The number of amides is 1. The number of imidazole rings is 1. The van der Waals surface area contributed by atoms with Crippen molar-refractivity contribution in [2.45, 2.75) is 44.4 Å². The topological polar surface area (TPSA) is 96.7 Å². The van der Waals surface area contributed by atoms with Gasteiger partial charge in [-0.3, -0.25) is 4.79 Å². The van der Waals surface area contributed by atoms with Crippen molar-refractivity contribution in [2.24, 2.45) is 5.41 Å². The van der Waals surface area contributed by atoms with Crippen LogP contribution in [0.3, 0.4) is 0 Å². The molecule has 140 valence electrons. The zero-order chi connectivity index (χ0) is 18.5. The van der Waals surface area contributed by atoms with E-state index in [0.717, 1.165) is 19.3 Å². The molecule has 26 heavy (non-hydrogen) atoms. The highest BCUT2D eigenvalue weighted by molar-refractivity contribution is 7.90. The number of aromatic nitrogens is 3. The Balaban J connectivity index is 1.41. The average Bonchev–Trinajstić information content (AvgIpc) is 3.07. The molecule has 0 radical (unpaired) electrons. The molecule has 1 spiro atoms. The number of nitrogens with one attached hydrogen (secondary N) is 1. The van der Waals surface area contributed by atoms with Gasteiger partial charge in [-0.2, -0.15) is 5.10 Å². The molecule has 2 aliphatic rings. The maximum absolute atomic E-state index is 12.8. The largest absolute Gasteiger partial charge is 0.337 e. The first kappa shape index (κ1) is 17.4. The first-order valence-electron chi connectivity index (χ1n) is 8.92. The number of carbonyl (C=O) groups excluding carboxylic acids is 1. The molecule has 1 aliphatic heterocycles. The van der Waals surface area contributed by atoms with Crippen LogP contribution in [0.25, 0.3) is 5.65 Å². The SMILES string of the molecule is CC(C)S(=O)(=O)NC1CC12CCN(C(=O)c1cnc3cccnn13)CC2. The first-order valence-corrected chi connectivity index (χ1v) is 10.5. The summed E-state index contributed by atoms with van der Waals surface area (Å²) in [6.45, 7) is 4.61. The summed E-state index contributed by atoms with van der Waals surface area (Å²) in [5.74, 6) is -0.0778. The molecule has 3 heterocycles. The summed E-state index contributed by atoms with van der Waals surface area (Å²) in [5.41, 5.74) is 1.12. The summed E-state index contributed by atoms with van der Waals surface area (Å²) in [6.07, 6.45) is 5.68. The van der Waals surface area contributed by atoms with E-state index in [1.807, 2.05) is 11.0 Å². The fourth-order valence-corrected chi connectivity index (χ4v) is 4.70. The van der Waals surface area contributed by atoms with Gasteiger partial charge in [0.05, 0.1) is 11.4 Å². The van der Waals surface area contributed by atoms with Gasteiger partial charge in [0.2, 0.25) is 10.0 Å². The van der Waals surface area contributed by atoms with Gasteiger partial charge in [-0.05, 0) is 50.7 Å². The molecule has 1 saturated carbocycles. The minimum atomic E-state index is -3.25. The standard InChI is InChI=1S/C17H23N5O3S/c1-12(2)26(24,25)20-14-10-17(14)5-8-21(9-6-17)16(23)13-11-18-15-4-3-7-19-22(13)15/h3-4,7,11-12,14,20H,5-6,8-10H2,1-2H3. The molecule has 9 heteroatoms. The highest BCUT2D eigenvalue weighted by atomic mass is 32.2. The van der Waals surface area contributed by atoms with E-state index < -0.39 is 15.3 Å². The van der Waals surface area contributed by atoms with E-state index in [4.69, 9.17) is 0 Å². The van der Waals surface area contributed by atoms with Gasteiger partial charge >= 0.3 is 0 Å². The van der Waals surface area contributed by atoms with E-state index >= 15 is 0 Å². The molecule has 2 aromatic heterocycles. The number of fused-ring (bicyclic) bond motifs is 1. The minimum absolute atomic E-state index is 0.00427. The molecule has 4 rings (SSSR count). The third kappa shape index (κ3) is 2.88. The summed E-state index contributed by atoms with van der Waals surface area (Å²) in [5, 5.41) is 3.77. The van der Waals surface area contributed by atoms with Crippen LogP contribution < -0.4 is 4.72 Å². The van der Waals surface area contributed by atoms with Gasteiger partial charge in [-0.15, -0.1) is 0 Å². The second-order valence-electron chi connectivity index (χ2n) is 7.56. The molecule has 1 aliphatic carbocycles. The predicted molar refractivity (Wildman–Crippen MR) is 96.2 cm³/mol. The molecule has 0 aromatic carbocycles. The fraction of sp³-hybridized carbons (Fsp3) is 0.588. The van der Waals surface area contributed by atoms with Crippen LogP contribution >= 0.6 is 0 Å². The molecule has 1 saturated heterocycles. The van der Waals surface area contributed by atoms with Crippen molar-refractivity contribution in [2.75, 3.05) is 13.1 Å². The predicted octanol–water partition coefficient (Wildman–Crippen LogP) is 1.05. The van der Waals surface area contributed by atoms with Crippen molar-refractivity contribution in [1.29, 1.82) is 0 Å². The van der Waals surface area contributed by atoms with E-state index in [0.29, 0.717) is 24.4 Å². The van der Waals surface area contributed by atoms with Crippen LogP contribution in [0.4, 0.5) is 0 Å². The summed E-state index contributed by atoms with van der Waals surface area (Å²) in [4.78, 5) is 18.9. The zero-order valence-electron chi connectivity index (χ0n) is 14.9. The Morgan fingerprint density at radius 2 is 2.08 bits per heavy atom. The van der Waals surface area contributed by atoms with E-state index in [9.17, 15) is 13.2 Å². The van der Waals surface area contributed by atoms with Gasteiger partial charge in [0.15, 0.2) is 11.3 Å². The van der Waals surface area contributed by atoms with Crippen molar-refractivity contribution < 1.29 is 13.2 Å². The van der Waals surface area contributed by atoms with E-state index in [1.54, 1.807) is 36.8 Å². The Labute approximate surface area is 152 Å². The number of sulfonamides is 1. The summed E-state index contributed by atoms with van der Waals surface area (Å²) in [6, 6.07) is 3.60. The fourth-order valence-electron chi connectivity index (χ4n) is 3.69. The Hall–Kier alpha value is -2.00. The first-order chi connectivity index (χ1) is 12.3. The Morgan fingerprint density at radius 1 is 1.35 bits per heavy atom. The van der Waals surface area contributed by atoms with Crippen molar-refractivity contribution in [3.8, 4) is 0 Å². The number of piperidine rings is 1. The third-order valence-corrected chi connectivity index (χ3v) is 7.51. The van der Waals surface area contributed by atoms with Crippen LogP contribution in [0, 0.1) is 5.41 Å². The van der Waals surface area contributed by atoms with Crippen LogP contribution in [0.15, 0.2) is 24.5 Å². The number of hydrogen-bond acceptors (Lipinski definition) is 5. The molecule has 1 atom stereocenters. The van der Waals surface area contributed by atoms with Crippen LogP contribution in [0.1, 0.15) is 43.6 Å². The molecule has 8 nitrogen and oxygen atoms in total. The highest BCUT2D eigenvalue weighted by Crippen LogP contribution is 2.54. The number of hydrogen-bond donors (Lipinski definition) is 1. The van der Waals surface area contributed by atoms with Gasteiger partial charge in [0.1, 0.15) is 0 Å².